The molecule has 0 fully saturated rings. The molecule has 0 aromatic rings. The van der Waals surface area contributed by atoms with E-state index in [9.17, 15) is 4.79 Å². The Bertz CT molecular complexity index is 178. The smallest absolute Gasteiger partial charge is 0.306 e. The molecule has 0 bridgehead atoms. The molecule has 0 heterocycles. The largest absolute Gasteiger partial charge is 0.460 e. The third kappa shape index (κ3) is 11.7. The molecule has 0 atom stereocenters. The molecule has 0 saturated carbocycles. The first-order chi connectivity index (χ1) is 6.95. The van der Waals surface area contributed by atoms with Gasteiger partial charge in [0.25, 0.3) is 0 Å². The van der Waals surface area contributed by atoms with Crippen molar-refractivity contribution in [2.24, 2.45) is 0 Å². The molecule has 0 aromatic carbocycles. The summed E-state index contributed by atoms with van der Waals surface area (Å²) < 4.78 is 5.19. The molecule has 90 valence electrons. The minimum Gasteiger partial charge on any atom is -0.460 e. The standard InChI is InChI=1S/C11H23NO2S/c1-11(2,3)14-10(13)6-5-7-12-8-9-15-4/h12H,5-9H2,1-4H3. The van der Waals surface area contributed by atoms with Gasteiger partial charge in [-0.2, -0.15) is 11.8 Å². The lowest BCUT2D eigenvalue weighted by atomic mass is 10.2. The van der Waals surface area contributed by atoms with Gasteiger partial charge in [0.1, 0.15) is 5.60 Å². The van der Waals surface area contributed by atoms with Crippen LogP contribution in [0.25, 0.3) is 0 Å². The molecular weight excluding hydrogens is 210 g/mol. The highest BCUT2D eigenvalue weighted by molar-refractivity contribution is 7.98. The zero-order chi connectivity index (χ0) is 11.7. The maximum absolute atomic E-state index is 11.3. The number of ether oxygens (including phenoxy) is 1. The Kier molecular flexibility index (Phi) is 7.88. The van der Waals surface area contributed by atoms with Crippen molar-refractivity contribution in [2.75, 3.05) is 25.1 Å². The van der Waals surface area contributed by atoms with Gasteiger partial charge in [-0.05, 0) is 40.0 Å². The number of carbonyl (C=O) groups excluding carboxylic acids is 1. The van der Waals surface area contributed by atoms with Gasteiger partial charge in [0.15, 0.2) is 0 Å². The summed E-state index contributed by atoms with van der Waals surface area (Å²) in [5, 5.41) is 3.28. The first-order valence-corrected chi connectivity index (χ1v) is 6.76. The van der Waals surface area contributed by atoms with E-state index < -0.39 is 0 Å². The number of thioether (sulfide) groups is 1. The lowest BCUT2D eigenvalue weighted by molar-refractivity contribution is -0.154. The van der Waals surface area contributed by atoms with Crippen LogP contribution in [0.2, 0.25) is 0 Å². The minimum absolute atomic E-state index is 0.103. The number of hydrogen-bond acceptors (Lipinski definition) is 4. The highest BCUT2D eigenvalue weighted by Crippen LogP contribution is 2.08. The van der Waals surface area contributed by atoms with Gasteiger partial charge >= 0.3 is 5.97 Å². The van der Waals surface area contributed by atoms with E-state index >= 15 is 0 Å². The molecule has 4 heteroatoms. The van der Waals surface area contributed by atoms with Gasteiger partial charge in [-0.1, -0.05) is 0 Å². The molecule has 3 nitrogen and oxygen atoms in total. The summed E-state index contributed by atoms with van der Waals surface area (Å²) in [7, 11) is 0. The molecule has 0 rings (SSSR count). The number of nitrogens with one attached hydrogen (secondary N) is 1. The van der Waals surface area contributed by atoms with E-state index in [1.165, 1.54) is 0 Å². The fourth-order valence-corrected chi connectivity index (χ4v) is 1.40. The molecule has 0 aliphatic heterocycles. The van der Waals surface area contributed by atoms with Gasteiger partial charge in [-0.3, -0.25) is 4.79 Å². The SMILES string of the molecule is CSCCNCCCC(=O)OC(C)(C)C. The number of hydrogen-bond donors (Lipinski definition) is 1. The van der Waals surface area contributed by atoms with Gasteiger partial charge in [0.05, 0.1) is 0 Å². The van der Waals surface area contributed by atoms with Gasteiger partial charge < -0.3 is 10.1 Å². The van der Waals surface area contributed by atoms with Gasteiger partial charge in [0, 0.05) is 18.7 Å². The lowest BCUT2D eigenvalue weighted by Crippen LogP contribution is -2.25. The molecule has 0 aromatic heterocycles. The molecule has 0 aliphatic rings. The Morgan fingerprint density at radius 3 is 2.53 bits per heavy atom. The van der Waals surface area contributed by atoms with Gasteiger partial charge in [-0.15, -0.1) is 0 Å². The summed E-state index contributed by atoms with van der Waals surface area (Å²) >= 11 is 1.82. The zero-order valence-corrected chi connectivity index (χ0v) is 11.1. The van der Waals surface area contributed by atoms with Crippen LogP contribution >= 0.6 is 11.8 Å². The Hall–Kier alpha value is -0.220. The zero-order valence-electron chi connectivity index (χ0n) is 10.3. The van der Waals surface area contributed by atoms with Crippen LogP contribution in [0, 0.1) is 0 Å². The van der Waals surface area contributed by atoms with Crippen molar-refractivity contribution in [2.45, 2.75) is 39.2 Å². The number of rotatable bonds is 7. The van der Waals surface area contributed by atoms with Crippen molar-refractivity contribution >= 4 is 17.7 Å². The van der Waals surface area contributed by atoms with E-state index in [-0.39, 0.29) is 11.6 Å². The Labute approximate surface area is 97.3 Å². The molecule has 0 radical (unpaired) electrons. The minimum atomic E-state index is -0.358. The Morgan fingerprint density at radius 2 is 2.00 bits per heavy atom. The molecule has 0 unspecified atom stereocenters. The molecule has 0 spiro atoms. The van der Waals surface area contributed by atoms with Crippen LogP contribution in [0.3, 0.4) is 0 Å². The van der Waals surface area contributed by atoms with Crippen molar-refractivity contribution in [1.29, 1.82) is 0 Å². The molecule has 0 aliphatic carbocycles. The lowest BCUT2D eigenvalue weighted by Gasteiger charge is -2.19. The van der Waals surface area contributed by atoms with Crippen LogP contribution in [0.1, 0.15) is 33.6 Å². The predicted molar refractivity (Wildman–Crippen MR) is 66.3 cm³/mol. The average Bonchev–Trinajstić information content (AvgIpc) is 2.08. The van der Waals surface area contributed by atoms with E-state index in [4.69, 9.17) is 4.74 Å². The van der Waals surface area contributed by atoms with E-state index in [1.54, 1.807) is 0 Å². The third-order valence-corrected chi connectivity index (χ3v) is 2.25. The van der Waals surface area contributed by atoms with Crippen molar-refractivity contribution in [3.05, 3.63) is 0 Å². The first-order valence-electron chi connectivity index (χ1n) is 5.37. The van der Waals surface area contributed by atoms with Crippen molar-refractivity contribution in [3.63, 3.8) is 0 Å². The van der Waals surface area contributed by atoms with Crippen LogP contribution in [0.15, 0.2) is 0 Å². The fourth-order valence-electron chi connectivity index (χ4n) is 1.05. The third-order valence-electron chi connectivity index (χ3n) is 1.64. The second-order valence-electron chi connectivity index (χ2n) is 4.43. The van der Waals surface area contributed by atoms with Crippen molar-refractivity contribution in [3.8, 4) is 0 Å². The van der Waals surface area contributed by atoms with Crippen molar-refractivity contribution in [1.82, 2.24) is 5.32 Å². The second-order valence-corrected chi connectivity index (χ2v) is 5.42. The number of carbonyl (C=O) groups is 1. The van der Waals surface area contributed by atoms with Gasteiger partial charge in [0.2, 0.25) is 0 Å². The predicted octanol–water partition coefficient (Wildman–Crippen LogP) is 2.06. The maximum Gasteiger partial charge on any atom is 0.306 e. The normalized spacial score (nSPS) is 11.5. The molecule has 1 N–H and O–H groups in total. The summed E-state index contributed by atoms with van der Waals surface area (Å²) in [6.45, 7) is 7.57. The molecule has 15 heavy (non-hydrogen) atoms. The summed E-state index contributed by atoms with van der Waals surface area (Å²) in [4.78, 5) is 11.3. The highest BCUT2D eigenvalue weighted by Gasteiger charge is 2.15. The van der Waals surface area contributed by atoms with E-state index in [2.05, 4.69) is 11.6 Å². The highest BCUT2D eigenvalue weighted by atomic mass is 32.2. The average molecular weight is 233 g/mol. The van der Waals surface area contributed by atoms with Gasteiger partial charge in [-0.25, -0.2) is 0 Å². The molecular formula is C11H23NO2S. The quantitative estimate of drug-likeness (QED) is 0.539. The van der Waals surface area contributed by atoms with E-state index in [1.807, 2.05) is 32.5 Å². The Balaban J connectivity index is 3.32. The van der Waals surface area contributed by atoms with Crippen LogP contribution in [0.4, 0.5) is 0 Å². The maximum atomic E-state index is 11.3. The topological polar surface area (TPSA) is 38.3 Å². The van der Waals surface area contributed by atoms with Crippen LogP contribution in [-0.2, 0) is 9.53 Å². The summed E-state index contributed by atoms with van der Waals surface area (Å²) in [6, 6.07) is 0. The van der Waals surface area contributed by atoms with Crippen LogP contribution in [0.5, 0.6) is 0 Å². The molecule has 0 saturated heterocycles. The molecule has 0 amide bonds. The van der Waals surface area contributed by atoms with Crippen molar-refractivity contribution < 1.29 is 9.53 Å². The fraction of sp³-hybridized carbons (Fsp3) is 0.909. The number of esters is 1. The van der Waals surface area contributed by atoms with E-state index in [0.717, 1.165) is 25.3 Å². The summed E-state index contributed by atoms with van der Waals surface area (Å²) in [5.41, 5.74) is -0.358. The van der Waals surface area contributed by atoms with E-state index in [0.29, 0.717) is 6.42 Å². The van der Waals surface area contributed by atoms with Crippen LogP contribution < -0.4 is 5.32 Å². The van der Waals surface area contributed by atoms with Crippen LogP contribution in [-0.4, -0.2) is 36.7 Å². The summed E-state index contributed by atoms with van der Waals surface area (Å²) in [5.74, 6) is 1.01. The monoisotopic (exact) mass is 233 g/mol. The second kappa shape index (κ2) is 7.99. The first kappa shape index (κ1) is 14.8. The summed E-state index contributed by atoms with van der Waals surface area (Å²) in [6.07, 6.45) is 3.44. The Morgan fingerprint density at radius 1 is 1.33 bits per heavy atom.